The van der Waals surface area contributed by atoms with E-state index >= 15 is 0 Å². The molecule has 1 N–H and O–H groups in total. The molecule has 1 aromatic rings. The van der Waals surface area contributed by atoms with Gasteiger partial charge in [-0.15, -0.1) is 0 Å². The molecule has 0 bridgehead atoms. The van der Waals surface area contributed by atoms with E-state index in [1.54, 1.807) is 0 Å². The highest BCUT2D eigenvalue weighted by Gasteiger charge is 2.16. The monoisotopic (exact) mass is 212 g/mol. The first-order valence-electron chi connectivity index (χ1n) is 4.54. The van der Waals surface area contributed by atoms with Crippen LogP contribution in [0.3, 0.4) is 0 Å². The molecule has 3 heteroatoms. The van der Waals surface area contributed by atoms with Gasteiger partial charge in [0, 0.05) is 0 Å². The first-order valence-corrected chi connectivity index (χ1v) is 5.65. The molecule has 0 aliphatic heterocycles. The van der Waals surface area contributed by atoms with E-state index in [4.69, 9.17) is 4.55 Å². The van der Waals surface area contributed by atoms with Crippen LogP contribution < -0.4 is 0 Å². The van der Waals surface area contributed by atoms with Gasteiger partial charge in [0.05, 0.1) is 4.90 Å². The van der Waals surface area contributed by atoms with E-state index in [0.29, 0.717) is 4.90 Å². The minimum Gasteiger partial charge on any atom is -0.302 e. The molecule has 14 heavy (non-hydrogen) atoms. The van der Waals surface area contributed by atoms with Crippen LogP contribution in [0, 0.1) is 6.92 Å². The fourth-order valence-corrected chi connectivity index (χ4v) is 1.83. The van der Waals surface area contributed by atoms with Gasteiger partial charge in [-0.2, -0.15) is 0 Å². The molecule has 0 aromatic heterocycles. The van der Waals surface area contributed by atoms with Crippen LogP contribution >= 0.6 is 0 Å². The lowest BCUT2D eigenvalue weighted by atomic mass is 9.87. The predicted octanol–water partition coefficient (Wildman–Crippen LogP) is 2.87. The number of hydrogen-bond acceptors (Lipinski definition) is 1. The van der Waals surface area contributed by atoms with E-state index in [0.717, 1.165) is 11.1 Å². The third kappa shape index (κ3) is 2.42. The Kier molecular flexibility index (Phi) is 3.12. The molecular weight excluding hydrogens is 196 g/mol. The molecular formula is C11H16O2S. The largest absolute Gasteiger partial charge is 0.302 e. The normalized spacial score (nSPS) is 14.1. The van der Waals surface area contributed by atoms with Crippen molar-refractivity contribution >= 4 is 11.1 Å². The van der Waals surface area contributed by atoms with Crippen molar-refractivity contribution in [1.29, 1.82) is 0 Å². The van der Waals surface area contributed by atoms with E-state index in [1.165, 1.54) is 0 Å². The quantitative estimate of drug-likeness (QED) is 0.727. The molecule has 0 amide bonds. The first kappa shape index (κ1) is 11.4. The Balaban J connectivity index is 3.27. The molecule has 2 nitrogen and oxygen atoms in total. The van der Waals surface area contributed by atoms with Crippen LogP contribution in [-0.4, -0.2) is 8.76 Å². The van der Waals surface area contributed by atoms with Crippen molar-refractivity contribution < 1.29 is 8.76 Å². The maximum Gasteiger partial charge on any atom is 0.186 e. The third-order valence-corrected chi connectivity index (χ3v) is 3.06. The number of hydrogen-bond donors (Lipinski definition) is 1. The second-order valence-electron chi connectivity index (χ2n) is 4.48. The van der Waals surface area contributed by atoms with Gasteiger partial charge in [-0.3, -0.25) is 0 Å². The number of aryl methyl sites for hydroxylation is 1. The molecule has 78 valence electrons. The van der Waals surface area contributed by atoms with E-state index in [-0.39, 0.29) is 5.41 Å². The fourth-order valence-electron chi connectivity index (χ4n) is 1.25. The standard InChI is InChI=1S/C11H16O2S/c1-8-5-6-9(11(2,3)4)7-10(8)14(12)13/h5-7H,1-4H3,(H,12,13). The van der Waals surface area contributed by atoms with Gasteiger partial charge in [0.15, 0.2) is 11.1 Å². The van der Waals surface area contributed by atoms with E-state index in [2.05, 4.69) is 20.8 Å². The molecule has 0 heterocycles. The van der Waals surface area contributed by atoms with Crippen LogP contribution in [0.15, 0.2) is 23.1 Å². The zero-order valence-electron chi connectivity index (χ0n) is 9.00. The highest BCUT2D eigenvalue weighted by atomic mass is 32.2. The fraction of sp³-hybridized carbons (Fsp3) is 0.455. The molecule has 0 saturated carbocycles. The Hall–Kier alpha value is -0.670. The maximum atomic E-state index is 11.0. The summed E-state index contributed by atoms with van der Waals surface area (Å²) in [5.74, 6) is 0. The van der Waals surface area contributed by atoms with Crippen LogP contribution in [0.2, 0.25) is 0 Å². The molecule has 0 saturated heterocycles. The summed E-state index contributed by atoms with van der Waals surface area (Å²) in [5.41, 5.74) is 1.96. The van der Waals surface area contributed by atoms with Crippen LogP contribution in [0.1, 0.15) is 31.9 Å². The van der Waals surface area contributed by atoms with Gasteiger partial charge in [-0.25, -0.2) is 4.21 Å². The van der Waals surface area contributed by atoms with Crippen molar-refractivity contribution in [2.45, 2.75) is 38.0 Å². The van der Waals surface area contributed by atoms with E-state index in [1.807, 2.05) is 25.1 Å². The molecule has 0 aliphatic carbocycles. The lowest BCUT2D eigenvalue weighted by Crippen LogP contribution is -2.11. The summed E-state index contributed by atoms with van der Waals surface area (Å²) in [6.45, 7) is 8.10. The average molecular weight is 212 g/mol. The Labute approximate surface area is 87.6 Å². The van der Waals surface area contributed by atoms with Crippen LogP contribution in [0.25, 0.3) is 0 Å². The second-order valence-corrected chi connectivity index (χ2v) is 5.42. The summed E-state index contributed by atoms with van der Waals surface area (Å²) in [4.78, 5) is 0.512. The Morgan fingerprint density at radius 1 is 1.29 bits per heavy atom. The van der Waals surface area contributed by atoms with Gasteiger partial charge < -0.3 is 4.55 Å². The number of rotatable bonds is 1. The SMILES string of the molecule is Cc1ccc(C(C)(C)C)cc1S(=O)O. The molecule has 0 fully saturated rings. The van der Waals surface area contributed by atoms with Gasteiger partial charge in [0.2, 0.25) is 0 Å². The smallest absolute Gasteiger partial charge is 0.186 e. The van der Waals surface area contributed by atoms with Crippen molar-refractivity contribution in [3.05, 3.63) is 29.3 Å². The Bertz CT molecular complexity index is 364. The van der Waals surface area contributed by atoms with Gasteiger partial charge >= 0.3 is 0 Å². The zero-order valence-corrected chi connectivity index (χ0v) is 9.81. The van der Waals surface area contributed by atoms with Crippen molar-refractivity contribution in [1.82, 2.24) is 0 Å². The van der Waals surface area contributed by atoms with E-state index in [9.17, 15) is 4.21 Å². The van der Waals surface area contributed by atoms with Crippen LogP contribution in [0.5, 0.6) is 0 Å². The summed E-state index contributed by atoms with van der Waals surface area (Å²) in [6, 6.07) is 5.71. The number of benzene rings is 1. The van der Waals surface area contributed by atoms with E-state index < -0.39 is 11.1 Å². The molecule has 1 unspecified atom stereocenters. The summed E-state index contributed by atoms with van der Waals surface area (Å²) in [5, 5.41) is 0. The van der Waals surface area contributed by atoms with Crippen molar-refractivity contribution in [2.75, 3.05) is 0 Å². The van der Waals surface area contributed by atoms with Crippen LogP contribution in [-0.2, 0) is 16.5 Å². The van der Waals surface area contributed by atoms with Crippen molar-refractivity contribution in [2.24, 2.45) is 0 Å². The molecule has 0 radical (unpaired) electrons. The highest BCUT2D eigenvalue weighted by Crippen LogP contribution is 2.25. The summed E-state index contributed by atoms with van der Waals surface area (Å²) in [6.07, 6.45) is 0. The predicted molar refractivity (Wildman–Crippen MR) is 58.9 cm³/mol. The first-order chi connectivity index (χ1) is 6.32. The van der Waals surface area contributed by atoms with Gasteiger partial charge in [0.25, 0.3) is 0 Å². The molecule has 1 aromatic carbocycles. The van der Waals surface area contributed by atoms with Gasteiger partial charge in [0.1, 0.15) is 0 Å². The van der Waals surface area contributed by atoms with Crippen LogP contribution in [0.4, 0.5) is 0 Å². The third-order valence-electron chi connectivity index (χ3n) is 2.24. The Morgan fingerprint density at radius 3 is 2.29 bits per heavy atom. The highest BCUT2D eigenvalue weighted by molar-refractivity contribution is 7.79. The van der Waals surface area contributed by atoms with Gasteiger partial charge in [-0.05, 0) is 29.5 Å². The lowest BCUT2D eigenvalue weighted by molar-refractivity contribution is 0.561. The molecule has 0 spiro atoms. The second kappa shape index (κ2) is 3.83. The van der Waals surface area contributed by atoms with Gasteiger partial charge in [-0.1, -0.05) is 32.9 Å². The maximum absolute atomic E-state index is 11.0. The molecule has 1 rings (SSSR count). The summed E-state index contributed by atoms with van der Waals surface area (Å²) in [7, 11) is 0. The summed E-state index contributed by atoms with van der Waals surface area (Å²) >= 11 is -1.89. The van der Waals surface area contributed by atoms with Crippen molar-refractivity contribution in [3.63, 3.8) is 0 Å². The average Bonchev–Trinajstić information content (AvgIpc) is 2.02. The topological polar surface area (TPSA) is 37.3 Å². The van der Waals surface area contributed by atoms with Crippen molar-refractivity contribution in [3.8, 4) is 0 Å². The molecule has 0 aliphatic rings. The minimum absolute atomic E-state index is 0.0157. The minimum atomic E-state index is -1.89. The molecule has 1 atom stereocenters. The lowest BCUT2D eigenvalue weighted by Gasteiger charge is -2.19. The Morgan fingerprint density at radius 2 is 1.86 bits per heavy atom. The zero-order chi connectivity index (χ0) is 10.9. The summed E-state index contributed by atoms with van der Waals surface area (Å²) < 4.78 is 20.1.